The van der Waals surface area contributed by atoms with Gasteiger partial charge in [-0.3, -0.25) is 14.9 Å². The number of methoxy groups -OCH3 is 1. The normalized spacial score (nSPS) is 29.4. The van der Waals surface area contributed by atoms with E-state index in [1.807, 2.05) is 0 Å². The Morgan fingerprint density at radius 3 is 2.50 bits per heavy atom. The molecule has 4 rings (SSSR count). The van der Waals surface area contributed by atoms with Crippen LogP contribution in [0.5, 0.6) is 0 Å². The Morgan fingerprint density at radius 2 is 1.86 bits per heavy atom. The molecule has 0 spiro atoms. The summed E-state index contributed by atoms with van der Waals surface area (Å²) in [7, 11) is 1.16. The van der Waals surface area contributed by atoms with E-state index >= 15 is 0 Å². The van der Waals surface area contributed by atoms with Crippen molar-refractivity contribution >= 4 is 17.4 Å². The lowest BCUT2D eigenvalue weighted by molar-refractivity contribution is -0.769. The fourth-order valence-electron chi connectivity index (χ4n) is 4.95. The minimum Gasteiger partial charge on any atom is -0.466 e. The van der Waals surface area contributed by atoms with Crippen molar-refractivity contribution in [2.45, 2.75) is 43.7 Å². The van der Waals surface area contributed by atoms with Crippen molar-refractivity contribution in [2.24, 2.45) is 0 Å². The second-order valence-electron chi connectivity index (χ2n) is 8.63. The van der Waals surface area contributed by atoms with Gasteiger partial charge in [-0.25, -0.2) is 4.79 Å². The number of carbonyl (C=O) groups excluding carboxylic acids is 2. The van der Waals surface area contributed by atoms with Crippen molar-refractivity contribution in [1.29, 1.82) is 0 Å². The third-order valence-corrected chi connectivity index (χ3v) is 6.51. The van der Waals surface area contributed by atoms with Gasteiger partial charge in [-0.15, -0.1) is 10.1 Å². The van der Waals surface area contributed by atoms with Crippen LogP contribution < -0.4 is 5.32 Å². The van der Waals surface area contributed by atoms with Gasteiger partial charge in [0.05, 0.1) is 30.8 Å². The van der Waals surface area contributed by atoms with E-state index in [2.05, 4.69) is 10.2 Å². The van der Waals surface area contributed by atoms with E-state index in [-0.39, 0.29) is 34.7 Å². The summed E-state index contributed by atoms with van der Waals surface area (Å²) in [6.07, 6.45) is -3.52. The maximum absolute atomic E-state index is 14.0. The molecule has 1 aromatic rings. The van der Waals surface area contributed by atoms with E-state index in [0.29, 0.717) is 5.70 Å². The van der Waals surface area contributed by atoms with Crippen LogP contribution in [-0.4, -0.2) is 71.1 Å². The molecule has 0 aliphatic carbocycles. The van der Waals surface area contributed by atoms with Crippen LogP contribution in [0.1, 0.15) is 25.3 Å². The molecular formula is C22H23N3O11. The smallest absolute Gasteiger partial charge is 0.336 e. The number of dihydropyridines is 1. The third kappa shape index (κ3) is 4.08. The van der Waals surface area contributed by atoms with Gasteiger partial charge in [-0.05, 0) is 19.4 Å². The van der Waals surface area contributed by atoms with E-state index < -0.39 is 58.2 Å². The van der Waals surface area contributed by atoms with Gasteiger partial charge in [0.15, 0.2) is 17.5 Å². The van der Waals surface area contributed by atoms with Gasteiger partial charge in [0, 0.05) is 35.0 Å². The van der Waals surface area contributed by atoms with Gasteiger partial charge in [0.2, 0.25) is 0 Å². The molecule has 192 valence electrons. The fourth-order valence-corrected chi connectivity index (χ4v) is 4.95. The second kappa shape index (κ2) is 9.29. The highest BCUT2D eigenvalue weighted by Crippen LogP contribution is 2.44. The zero-order chi connectivity index (χ0) is 26.4. The van der Waals surface area contributed by atoms with Crippen LogP contribution in [0.4, 0.5) is 5.69 Å². The Kier molecular flexibility index (Phi) is 6.51. The number of ketones is 1. The lowest BCUT2D eigenvalue weighted by Gasteiger charge is -2.34. The standard InChI is InChI=1S/C22H23N3O11/c1-10-15(19(26)22(28)9-35-18-14(36-25(31)32)8-34-20(18)22)17(16(11(2)23-10)21(27)33-3)12-5-4-6-13(7-12)24(29)30/h4-7,14,17-18,20,23,28H,8-9H2,1-3H3/t14-,17?,18+,20-,22-/m0/s1. The van der Waals surface area contributed by atoms with Crippen molar-refractivity contribution in [1.82, 2.24) is 5.32 Å². The highest BCUT2D eigenvalue weighted by atomic mass is 17.0. The number of benzene rings is 1. The number of nitro benzene ring substituents is 1. The molecule has 3 aliphatic rings. The van der Waals surface area contributed by atoms with Gasteiger partial charge in [-0.1, -0.05) is 12.1 Å². The van der Waals surface area contributed by atoms with E-state index in [4.69, 9.17) is 14.2 Å². The number of hydrogen-bond donors (Lipinski definition) is 2. The Bertz CT molecular complexity index is 1210. The molecule has 1 aromatic carbocycles. The van der Waals surface area contributed by atoms with Gasteiger partial charge >= 0.3 is 5.97 Å². The van der Waals surface area contributed by atoms with Crippen LogP contribution in [0, 0.1) is 20.2 Å². The minimum absolute atomic E-state index is 0.0212. The number of nitrogens with zero attached hydrogens (tertiary/aromatic N) is 2. The summed E-state index contributed by atoms with van der Waals surface area (Å²) in [5.74, 6) is -2.79. The van der Waals surface area contributed by atoms with Crippen LogP contribution in [0.2, 0.25) is 0 Å². The second-order valence-corrected chi connectivity index (χ2v) is 8.63. The number of rotatable bonds is 7. The Balaban J connectivity index is 1.80. The van der Waals surface area contributed by atoms with Crippen molar-refractivity contribution < 1.29 is 43.8 Å². The molecule has 36 heavy (non-hydrogen) atoms. The summed E-state index contributed by atoms with van der Waals surface area (Å²) in [5.41, 5.74) is -1.69. The minimum atomic E-state index is -2.27. The molecule has 1 unspecified atom stereocenters. The number of hydrogen-bond acceptors (Lipinski definition) is 12. The van der Waals surface area contributed by atoms with E-state index in [1.54, 1.807) is 13.8 Å². The molecule has 0 saturated carbocycles. The molecule has 0 radical (unpaired) electrons. The van der Waals surface area contributed by atoms with Crippen LogP contribution in [-0.2, 0) is 28.6 Å². The molecule has 3 heterocycles. The summed E-state index contributed by atoms with van der Waals surface area (Å²) in [6, 6.07) is 5.44. The van der Waals surface area contributed by atoms with Gasteiger partial charge < -0.3 is 29.5 Å². The molecule has 0 aromatic heterocycles. The molecule has 2 saturated heterocycles. The van der Waals surface area contributed by atoms with Crippen molar-refractivity contribution in [3.05, 3.63) is 72.6 Å². The van der Waals surface area contributed by atoms with Crippen LogP contribution in [0.3, 0.4) is 0 Å². The zero-order valence-electron chi connectivity index (χ0n) is 19.5. The molecule has 0 bridgehead atoms. The molecule has 0 amide bonds. The summed E-state index contributed by atoms with van der Waals surface area (Å²) in [5, 5.41) is 35.6. The highest BCUT2D eigenvalue weighted by Gasteiger charge is 2.62. The molecule has 3 aliphatic heterocycles. The maximum atomic E-state index is 14.0. The topological polar surface area (TPSA) is 190 Å². The number of fused-ring (bicyclic) bond motifs is 1. The number of esters is 1. The first-order valence-corrected chi connectivity index (χ1v) is 10.8. The number of nitrogens with one attached hydrogen (secondary N) is 1. The first-order valence-electron chi connectivity index (χ1n) is 10.8. The summed E-state index contributed by atoms with van der Waals surface area (Å²) in [4.78, 5) is 52.9. The van der Waals surface area contributed by atoms with Gasteiger partial charge in [0.25, 0.3) is 10.8 Å². The van der Waals surface area contributed by atoms with Crippen LogP contribution >= 0.6 is 0 Å². The first-order chi connectivity index (χ1) is 17.0. The Morgan fingerprint density at radius 1 is 1.17 bits per heavy atom. The number of ether oxygens (including phenoxy) is 3. The van der Waals surface area contributed by atoms with Crippen LogP contribution in [0.25, 0.3) is 0 Å². The molecular weight excluding hydrogens is 482 g/mol. The van der Waals surface area contributed by atoms with E-state index in [1.165, 1.54) is 24.3 Å². The quantitative estimate of drug-likeness (QED) is 0.300. The number of carbonyl (C=O) groups is 2. The summed E-state index contributed by atoms with van der Waals surface area (Å²) in [6.45, 7) is 2.31. The predicted octanol–water partition coefficient (Wildman–Crippen LogP) is 0.677. The number of non-ortho nitro benzene ring substituents is 1. The summed E-state index contributed by atoms with van der Waals surface area (Å²) >= 11 is 0. The average molecular weight is 505 g/mol. The monoisotopic (exact) mass is 505 g/mol. The number of aliphatic hydroxyl groups is 1. The van der Waals surface area contributed by atoms with Crippen molar-refractivity contribution in [3.8, 4) is 0 Å². The Labute approximate surface area is 203 Å². The molecule has 5 atom stereocenters. The van der Waals surface area contributed by atoms with Gasteiger partial charge in [0.1, 0.15) is 12.2 Å². The largest absolute Gasteiger partial charge is 0.466 e. The van der Waals surface area contributed by atoms with E-state index in [9.17, 15) is 34.9 Å². The predicted molar refractivity (Wildman–Crippen MR) is 118 cm³/mol. The molecule has 2 fully saturated rings. The summed E-state index contributed by atoms with van der Waals surface area (Å²) < 4.78 is 15.9. The average Bonchev–Trinajstić information content (AvgIpc) is 3.39. The lowest BCUT2D eigenvalue weighted by Crippen LogP contribution is -2.53. The number of nitro groups is 1. The van der Waals surface area contributed by atoms with Crippen molar-refractivity contribution in [3.63, 3.8) is 0 Å². The van der Waals surface area contributed by atoms with Gasteiger partial charge in [-0.2, -0.15) is 0 Å². The van der Waals surface area contributed by atoms with Crippen molar-refractivity contribution in [2.75, 3.05) is 20.3 Å². The first kappa shape index (κ1) is 25.2. The van der Waals surface area contributed by atoms with E-state index in [0.717, 1.165) is 7.11 Å². The molecule has 14 heteroatoms. The highest BCUT2D eigenvalue weighted by molar-refractivity contribution is 6.08. The zero-order valence-corrected chi connectivity index (χ0v) is 19.5. The van der Waals surface area contributed by atoms with Crippen LogP contribution in [0.15, 0.2) is 46.8 Å². The number of Topliss-reactive ketones (excluding diaryl/α,β-unsaturated/α-hetero) is 1. The maximum Gasteiger partial charge on any atom is 0.336 e. The Hall–Kier alpha value is -3.88. The fraction of sp³-hybridized carbons (Fsp3) is 0.455. The third-order valence-electron chi connectivity index (χ3n) is 6.51. The lowest BCUT2D eigenvalue weighted by atomic mass is 9.74. The molecule has 2 N–H and O–H groups in total. The molecule has 14 nitrogen and oxygen atoms in total. The SMILES string of the molecule is COC(=O)C1=C(C)NC(C)=C(C(=O)[C@@]2(O)CO[C@@H]3[C@@H](O[N+](=O)[O-])CO[C@@H]32)C1c1cccc([N+](=O)[O-])c1. The number of allylic oxidation sites excluding steroid dienone is 2.